The van der Waals surface area contributed by atoms with Gasteiger partial charge in [0.1, 0.15) is 12.0 Å². The zero-order valence-electron chi connectivity index (χ0n) is 9.79. The van der Waals surface area contributed by atoms with Crippen LogP contribution in [-0.2, 0) is 9.59 Å². The summed E-state index contributed by atoms with van der Waals surface area (Å²) in [7, 11) is 0. The highest BCUT2D eigenvalue weighted by Crippen LogP contribution is 2.35. The number of amides is 2. The molecule has 0 bridgehead atoms. The van der Waals surface area contributed by atoms with Crippen LogP contribution >= 0.6 is 0 Å². The van der Waals surface area contributed by atoms with Crippen LogP contribution in [0.3, 0.4) is 0 Å². The fourth-order valence-corrected chi connectivity index (χ4v) is 2.57. The van der Waals surface area contributed by atoms with Crippen molar-refractivity contribution in [1.82, 2.24) is 10.2 Å². The van der Waals surface area contributed by atoms with Gasteiger partial charge < -0.3 is 10.2 Å². The number of carbonyl (C=O) groups excluding carboxylic acids is 2. The van der Waals surface area contributed by atoms with Gasteiger partial charge in [-0.25, -0.2) is 0 Å². The SMILES string of the molecule is O=C1NCCCC1N1CCCC(C(F)(F)F)C1=O. The summed E-state index contributed by atoms with van der Waals surface area (Å²) in [5, 5.41) is 2.59. The average Bonchev–Trinajstić information content (AvgIpc) is 2.29. The Morgan fingerprint density at radius 2 is 1.89 bits per heavy atom. The zero-order chi connectivity index (χ0) is 13.3. The number of carbonyl (C=O) groups is 2. The first-order valence-electron chi connectivity index (χ1n) is 6.06. The van der Waals surface area contributed by atoms with Crippen molar-refractivity contribution < 1.29 is 22.8 Å². The van der Waals surface area contributed by atoms with Crippen LogP contribution < -0.4 is 5.32 Å². The zero-order valence-corrected chi connectivity index (χ0v) is 9.79. The lowest BCUT2D eigenvalue weighted by Crippen LogP contribution is -2.57. The molecule has 2 aliphatic rings. The summed E-state index contributed by atoms with van der Waals surface area (Å²) in [6, 6.07) is -0.726. The third-order valence-corrected chi connectivity index (χ3v) is 3.50. The van der Waals surface area contributed by atoms with Gasteiger partial charge in [-0.1, -0.05) is 0 Å². The molecular formula is C11H15F3N2O2. The molecule has 0 saturated carbocycles. The number of halogens is 3. The Balaban J connectivity index is 2.13. The predicted octanol–water partition coefficient (Wildman–Crippen LogP) is 1.07. The molecule has 0 aromatic heterocycles. The van der Waals surface area contributed by atoms with Gasteiger partial charge in [0, 0.05) is 13.1 Å². The van der Waals surface area contributed by atoms with E-state index in [1.165, 1.54) is 0 Å². The molecule has 1 N–H and O–H groups in total. The molecule has 0 spiro atoms. The van der Waals surface area contributed by atoms with E-state index in [1.807, 2.05) is 0 Å². The van der Waals surface area contributed by atoms with Gasteiger partial charge in [0.25, 0.3) is 0 Å². The number of hydrogen-bond donors (Lipinski definition) is 1. The molecule has 2 aliphatic heterocycles. The summed E-state index contributed by atoms with van der Waals surface area (Å²) in [6.07, 6.45) is -3.26. The Bertz CT molecular complexity index is 357. The van der Waals surface area contributed by atoms with Crippen LogP contribution in [0.4, 0.5) is 13.2 Å². The molecule has 2 heterocycles. The second kappa shape index (κ2) is 4.78. The lowest BCUT2D eigenvalue weighted by molar-refractivity contribution is -0.197. The Morgan fingerprint density at radius 1 is 1.17 bits per heavy atom. The fourth-order valence-electron chi connectivity index (χ4n) is 2.57. The Kier molecular flexibility index (Phi) is 3.49. The molecule has 2 atom stereocenters. The van der Waals surface area contributed by atoms with Crippen LogP contribution in [0, 0.1) is 5.92 Å². The normalized spacial score (nSPS) is 30.3. The number of likely N-dealkylation sites (tertiary alicyclic amines) is 1. The maximum absolute atomic E-state index is 12.7. The topological polar surface area (TPSA) is 49.4 Å². The van der Waals surface area contributed by atoms with Crippen LogP contribution in [-0.4, -0.2) is 42.0 Å². The number of hydrogen-bond acceptors (Lipinski definition) is 2. The van der Waals surface area contributed by atoms with Crippen molar-refractivity contribution in [2.24, 2.45) is 5.92 Å². The molecular weight excluding hydrogens is 249 g/mol. The average molecular weight is 264 g/mol. The maximum atomic E-state index is 12.7. The largest absolute Gasteiger partial charge is 0.400 e. The highest BCUT2D eigenvalue weighted by Gasteiger charge is 2.49. The minimum atomic E-state index is -4.51. The minimum absolute atomic E-state index is 0.173. The number of rotatable bonds is 1. The van der Waals surface area contributed by atoms with E-state index in [-0.39, 0.29) is 18.9 Å². The summed E-state index contributed by atoms with van der Waals surface area (Å²) in [5.41, 5.74) is 0. The van der Waals surface area contributed by atoms with Crippen LogP contribution in [0.15, 0.2) is 0 Å². The molecule has 0 aromatic rings. The number of nitrogens with one attached hydrogen (secondary N) is 1. The molecule has 2 fully saturated rings. The summed E-state index contributed by atoms with van der Waals surface area (Å²) in [6.45, 7) is 0.767. The first-order valence-corrected chi connectivity index (χ1v) is 6.06. The van der Waals surface area contributed by atoms with E-state index in [4.69, 9.17) is 0 Å². The van der Waals surface area contributed by atoms with E-state index >= 15 is 0 Å². The van der Waals surface area contributed by atoms with Crippen molar-refractivity contribution in [3.05, 3.63) is 0 Å². The van der Waals surface area contributed by atoms with Crippen molar-refractivity contribution in [1.29, 1.82) is 0 Å². The van der Waals surface area contributed by atoms with Crippen LogP contribution in [0.1, 0.15) is 25.7 Å². The van der Waals surface area contributed by atoms with Crippen LogP contribution in [0.25, 0.3) is 0 Å². The maximum Gasteiger partial charge on any atom is 0.400 e. The van der Waals surface area contributed by atoms with E-state index in [2.05, 4.69) is 5.32 Å². The number of nitrogens with zero attached hydrogens (tertiary/aromatic N) is 1. The van der Waals surface area contributed by atoms with Crippen LogP contribution in [0.5, 0.6) is 0 Å². The van der Waals surface area contributed by atoms with Crippen molar-refractivity contribution >= 4 is 11.8 Å². The lowest BCUT2D eigenvalue weighted by atomic mass is 9.93. The first kappa shape index (κ1) is 13.2. The molecule has 7 heteroatoms. The Morgan fingerprint density at radius 3 is 2.50 bits per heavy atom. The summed E-state index contributed by atoms with van der Waals surface area (Å²) < 4.78 is 38.0. The highest BCUT2D eigenvalue weighted by atomic mass is 19.4. The fraction of sp³-hybridized carbons (Fsp3) is 0.818. The summed E-state index contributed by atoms with van der Waals surface area (Å²) >= 11 is 0. The molecule has 4 nitrogen and oxygen atoms in total. The minimum Gasteiger partial charge on any atom is -0.354 e. The highest BCUT2D eigenvalue weighted by molar-refractivity contribution is 5.89. The Hall–Kier alpha value is -1.27. The summed E-state index contributed by atoms with van der Waals surface area (Å²) in [5.74, 6) is -3.23. The van der Waals surface area contributed by atoms with E-state index in [9.17, 15) is 22.8 Å². The standard InChI is InChI=1S/C11H15F3N2O2/c12-11(13,14)7-3-2-6-16(10(7)18)8-4-1-5-15-9(8)17/h7-8H,1-6H2,(H,15,17). The molecule has 0 radical (unpaired) electrons. The van der Waals surface area contributed by atoms with Gasteiger partial charge in [-0.15, -0.1) is 0 Å². The monoisotopic (exact) mass is 264 g/mol. The van der Waals surface area contributed by atoms with Gasteiger partial charge in [-0.2, -0.15) is 13.2 Å². The number of alkyl halides is 3. The van der Waals surface area contributed by atoms with Crippen molar-refractivity contribution in [2.75, 3.05) is 13.1 Å². The van der Waals surface area contributed by atoms with E-state index in [1.54, 1.807) is 0 Å². The molecule has 2 saturated heterocycles. The number of piperidine rings is 2. The van der Waals surface area contributed by atoms with Crippen LogP contribution in [0.2, 0.25) is 0 Å². The smallest absolute Gasteiger partial charge is 0.354 e. The van der Waals surface area contributed by atoms with E-state index in [0.29, 0.717) is 25.8 Å². The molecule has 2 rings (SSSR count). The van der Waals surface area contributed by atoms with Gasteiger partial charge in [-0.3, -0.25) is 9.59 Å². The van der Waals surface area contributed by atoms with Gasteiger partial charge in [0.05, 0.1) is 0 Å². The van der Waals surface area contributed by atoms with Gasteiger partial charge in [-0.05, 0) is 25.7 Å². The van der Waals surface area contributed by atoms with Crippen molar-refractivity contribution in [3.63, 3.8) is 0 Å². The third-order valence-electron chi connectivity index (χ3n) is 3.50. The Labute approximate surface area is 103 Å². The molecule has 18 heavy (non-hydrogen) atoms. The molecule has 2 amide bonds. The van der Waals surface area contributed by atoms with Gasteiger partial charge >= 0.3 is 6.18 Å². The summed E-state index contributed by atoms with van der Waals surface area (Å²) in [4.78, 5) is 24.6. The van der Waals surface area contributed by atoms with E-state index in [0.717, 1.165) is 4.90 Å². The van der Waals surface area contributed by atoms with Gasteiger partial charge in [0.2, 0.25) is 11.8 Å². The van der Waals surface area contributed by atoms with Gasteiger partial charge in [0.15, 0.2) is 0 Å². The molecule has 0 aliphatic carbocycles. The quantitative estimate of drug-likeness (QED) is 0.770. The first-order chi connectivity index (χ1) is 8.41. The predicted molar refractivity (Wildman–Crippen MR) is 56.5 cm³/mol. The second-order valence-electron chi connectivity index (χ2n) is 4.72. The second-order valence-corrected chi connectivity index (χ2v) is 4.72. The third kappa shape index (κ3) is 2.44. The van der Waals surface area contributed by atoms with E-state index < -0.39 is 24.0 Å². The lowest BCUT2D eigenvalue weighted by Gasteiger charge is -2.39. The van der Waals surface area contributed by atoms with Crippen molar-refractivity contribution in [3.8, 4) is 0 Å². The molecule has 102 valence electrons. The molecule has 0 aromatic carbocycles. The van der Waals surface area contributed by atoms with Crippen molar-refractivity contribution in [2.45, 2.75) is 37.9 Å². The molecule has 2 unspecified atom stereocenters.